The molecule has 1 aromatic heterocycles. The first-order chi connectivity index (χ1) is 37.2. The number of para-hydroxylation sites is 4. The fourth-order valence-electron chi connectivity index (χ4n) is 11.0. The molecule has 0 amide bonds. The Hall–Kier alpha value is -9.70. The van der Waals surface area contributed by atoms with Crippen LogP contribution in [0.25, 0.3) is 83.1 Å². The third kappa shape index (κ3) is 8.92. The van der Waals surface area contributed by atoms with Crippen molar-refractivity contribution in [1.29, 1.82) is 0 Å². The summed E-state index contributed by atoms with van der Waals surface area (Å²) in [6, 6.07) is 102. The van der Waals surface area contributed by atoms with E-state index in [-0.39, 0.29) is 6.04 Å². The average molecular weight is 960 g/mol. The van der Waals surface area contributed by atoms with E-state index in [0.29, 0.717) is 0 Å². The van der Waals surface area contributed by atoms with E-state index < -0.39 is 0 Å². The van der Waals surface area contributed by atoms with Crippen LogP contribution in [-0.4, -0.2) is 10.6 Å². The molecule has 1 atom stereocenters. The molecule has 12 aromatic rings. The van der Waals surface area contributed by atoms with Crippen LogP contribution in [0.5, 0.6) is 0 Å². The SMILES string of the molecule is C1=CCC(N(c2ccccc2)c2ccc(-c3ccc(-c4ccc5c(c4)c4cc(-c6ccc(-c7ccc(N(c8ccccc8)c8ccccc8)cc7)cc6)ccc4n5-c4ccccc4-c4ccccc4)cc3)cc2)C=C1. The highest BCUT2D eigenvalue weighted by Crippen LogP contribution is 2.41. The monoisotopic (exact) mass is 959 g/mol. The van der Waals surface area contributed by atoms with Crippen molar-refractivity contribution in [2.45, 2.75) is 12.5 Å². The molecule has 75 heavy (non-hydrogen) atoms. The second-order valence-electron chi connectivity index (χ2n) is 19.3. The summed E-state index contributed by atoms with van der Waals surface area (Å²) in [5, 5.41) is 2.43. The van der Waals surface area contributed by atoms with Gasteiger partial charge in [0.25, 0.3) is 0 Å². The number of benzene rings is 11. The van der Waals surface area contributed by atoms with Crippen molar-refractivity contribution in [3.8, 4) is 61.3 Å². The maximum atomic E-state index is 2.46. The second kappa shape index (κ2) is 20.1. The van der Waals surface area contributed by atoms with Crippen molar-refractivity contribution in [1.82, 2.24) is 4.57 Å². The number of allylic oxidation sites excluding steroid dienone is 2. The minimum Gasteiger partial charge on any atom is -0.334 e. The molecule has 11 aromatic carbocycles. The first-order valence-electron chi connectivity index (χ1n) is 25.9. The molecule has 3 heteroatoms. The first-order valence-corrected chi connectivity index (χ1v) is 25.9. The molecule has 356 valence electrons. The Balaban J connectivity index is 0.836. The van der Waals surface area contributed by atoms with E-state index in [1.54, 1.807) is 0 Å². The highest BCUT2D eigenvalue weighted by molar-refractivity contribution is 6.12. The Kier molecular flexibility index (Phi) is 12.1. The normalized spacial score (nSPS) is 13.0. The largest absolute Gasteiger partial charge is 0.334 e. The lowest BCUT2D eigenvalue weighted by atomic mass is 9.97. The standard InChI is InChI=1S/C72H53N3/c1-6-18-58(19-7-1)67-28-16-17-29-70(67)75-71-48-42-59(56-34-30-52(31-35-56)54-38-44-65(45-39-54)73(61-20-8-2-9-21-61)62-22-10-3-11-23-62)50-68(71)69-51-60(43-49-72(69)75)57-36-32-53(33-37-57)55-40-46-66(47-41-55)74(63-24-12-4-13-25-63)64-26-14-5-15-27-64/h1-26,28-51,64H,27H2. The van der Waals surface area contributed by atoms with Gasteiger partial charge in [-0.3, -0.25) is 0 Å². The number of anilines is 5. The fraction of sp³-hybridized carbons (Fsp3) is 0.0278. The molecule has 0 spiro atoms. The van der Waals surface area contributed by atoms with Crippen molar-refractivity contribution < 1.29 is 0 Å². The van der Waals surface area contributed by atoms with Crippen LogP contribution in [0.1, 0.15) is 6.42 Å². The van der Waals surface area contributed by atoms with Gasteiger partial charge >= 0.3 is 0 Å². The maximum Gasteiger partial charge on any atom is 0.0559 e. The molecule has 0 radical (unpaired) electrons. The van der Waals surface area contributed by atoms with Gasteiger partial charge in [0.05, 0.1) is 22.8 Å². The molecule has 3 nitrogen and oxygen atoms in total. The van der Waals surface area contributed by atoms with Crippen LogP contribution >= 0.6 is 0 Å². The van der Waals surface area contributed by atoms with Gasteiger partial charge in [0.15, 0.2) is 0 Å². The fourth-order valence-corrected chi connectivity index (χ4v) is 11.0. The molecule has 1 unspecified atom stereocenters. The highest BCUT2D eigenvalue weighted by Gasteiger charge is 2.21. The van der Waals surface area contributed by atoms with Crippen LogP contribution in [0.15, 0.2) is 303 Å². The zero-order valence-electron chi connectivity index (χ0n) is 41.5. The van der Waals surface area contributed by atoms with Gasteiger partial charge in [-0.15, -0.1) is 0 Å². The molecular weight excluding hydrogens is 907 g/mol. The minimum atomic E-state index is 0.264. The van der Waals surface area contributed by atoms with Crippen molar-refractivity contribution in [3.05, 3.63) is 303 Å². The Morgan fingerprint density at radius 1 is 0.307 bits per heavy atom. The number of nitrogens with zero attached hydrogens (tertiary/aromatic N) is 3. The van der Waals surface area contributed by atoms with Crippen molar-refractivity contribution >= 4 is 50.2 Å². The summed E-state index contributed by atoms with van der Waals surface area (Å²) in [7, 11) is 0. The lowest BCUT2D eigenvalue weighted by Crippen LogP contribution is -2.29. The van der Waals surface area contributed by atoms with Crippen molar-refractivity contribution in [3.63, 3.8) is 0 Å². The first kappa shape index (κ1) is 45.2. The molecule has 1 aliphatic rings. The Morgan fingerprint density at radius 2 is 0.680 bits per heavy atom. The Bertz CT molecular complexity index is 3930. The van der Waals surface area contributed by atoms with Crippen LogP contribution in [0.3, 0.4) is 0 Å². The summed E-state index contributed by atoms with van der Waals surface area (Å²) in [6.45, 7) is 0. The average Bonchev–Trinajstić information content (AvgIpc) is 3.82. The van der Waals surface area contributed by atoms with Gasteiger partial charge in [-0.25, -0.2) is 0 Å². The van der Waals surface area contributed by atoms with Crippen LogP contribution in [0, 0.1) is 0 Å². The number of rotatable bonds is 12. The molecule has 0 aliphatic heterocycles. The minimum absolute atomic E-state index is 0.264. The van der Waals surface area contributed by atoms with Crippen molar-refractivity contribution in [2.24, 2.45) is 0 Å². The molecular formula is C72H53N3. The number of hydrogen-bond donors (Lipinski definition) is 0. The molecule has 0 saturated heterocycles. The third-order valence-electron chi connectivity index (χ3n) is 14.7. The van der Waals surface area contributed by atoms with E-state index in [4.69, 9.17) is 0 Å². The van der Waals surface area contributed by atoms with Crippen LogP contribution in [0.2, 0.25) is 0 Å². The quantitative estimate of drug-likeness (QED) is 0.121. The zero-order chi connectivity index (χ0) is 49.9. The van der Waals surface area contributed by atoms with Crippen LogP contribution in [-0.2, 0) is 0 Å². The van der Waals surface area contributed by atoms with E-state index in [9.17, 15) is 0 Å². The molecule has 0 bridgehead atoms. The molecule has 0 saturated carbocycles. The van der Waals surface area contributed by atoms with Crippen LogP contribution < -0.4 is 9.80 Å². The smallest absolute Gasteiger partial charge is 0.0559 e. The molecule has 0 fully saturated rings. The van der Waals surface area contributed by atoms with E-state index in [2.05, 4.69) is 318 Å². The van der Waals surface area contributed by atoms with Gasteiger partial charge in [0, 0.05) is 44.8 Å². The summed E-state index contributed by atoms with van der Waals surface area (Å²) in [4.78, 5) is 4.74. The van der Waals surface area contributed by atoms with E-state index in [1.165, 1.54) is 88.8 Å². The van der Waals surface area contributed by atoms with Gasteiger partial charge < -0.3 is 14.4 Å². The lowest BCUT2D eigenvalue weighted by Gasteiger charge is -2.32. The van der Waals surface area contributed by atoms with E-state index >= 15 is 0 Å². The zero-order valence-corrected chi connectivity index (χ0v) is 41.5. The van der Waals surface area contributed by atoms with E-state index in [1.807, 2.05) is 0 Å². The van der Waals surface area contributed by atoms with Gasteiger partial charge in [-0.1, -0.05) is 212 Å². The number of aromatic nitrogens is 1. The summed E-state index contributed by atoms with van der Waals surface area (Å²) in [6.07, 6.45) is 9.82. The summed E-state index contributed by atoms with van der Waals surface area (Å²) >= 11 is 0. The summed E-state index contributed by atoms with van der Waals surface area (Å²) < 4.78 is 2.46. The molecule has 1 aliphatic carbocycles. The maximum absolute atomic E-state index is 2.46. The number of fused-ring (bicyclic) bond motifs is 3. The Morgan fingerprint density at radius 3 is 1.16 bits per heavy atom. The van der Waals surface area contributed by atoms with Gasteiger partial charge in [0.1, 0.15) is 0 Å². The van der Waals surface area contributed by atoms with Gasteiger partial charge in [-0.2, -0.15) is 0 Å². The molecule has 1 heterocycles. The third-order valence-corrected chi connectivity index (χ3v) is 14.7. The topological polar surface area (TPSA) is 11.4 Å². The molecule has 13 rings (SSSR count). The van der Waals surface area contributed by atoms with Gasteiger partial charge in [0.2, 0.25) is 0 Å². The summed E-state index contributed by atoms with van der Waals surface area (Å²) in [5.41, 5.74) is 21.1. The second-order valence-corrected chi connectivity index (χ2v) is 19.3. The Labute approximate surface area is 439 Å². The predicted molar refractivity (Wildman–Crippen MR) is 318 cm³/mol. The number of hydrogen-bond acceptors (Lipinski definition) is 2. The van der Waals surface area contributed by atoms with E-state index in [0.717, 1.165) is 29.2 Å². The van der Waals surface area contributed by atoms with Gasteiger partial charge in [-0.05, 0) is 147 Å². The molecule has 0 N–H and O–H groups in total. The van der Waals surface area contributed by atoms with Crippen molar-refractivity contribution in [2.75, 3.05) is 9.80 Å². The van der Waals surface area contributed by atoms with Crippen LogP contribution in [0.4, 0.5) is 28.4 Å². The summed E-state index contributed by atoms with van der Waals surface area (Å²) in [5.74, 6) is 0. The highest BCUT2D eigenvalue weighted by atomic mass is 15.2. The predicted octanol–water partition coefficient (Wildman–Crippen LogP) is 19.6. The lowest BCUT2D eigenvalue weighted by molar-refractivity contribution is 0.785.